The van der Waals surface area contributed by atoms with E-state index >= 15 is 0 Å². The Bertz CT molecular complexity index is 744. The summed E-state index contributed by atoms with van der Waals surface area (Å²) in [4.78, 5) is 1.49. The highest BCUT2D eigenvalue weighted by Gasteiger charge is 2.36. The van der Waals surface area contributed by atoms with Gasteiger partial charge in [0.15, 0.2) is 0 Å². The molecule has 1 aromatic rings. The van der Waals surface area contributed by atoms with E-state index in [2.05, 4.69) is 4.72 Å². The van der Waals surface area contributed by atoms with E-state index < -0.39 is 28.8 Å². The SMILES string of the molecule is Cc1c(C)c(C)c(S(=O)(=O)N[C@H]2CCN(CC(F)(F)F)C2)c(C)c1C. The molecule has 1 heterocycles. The van der Waals surface area contributed by atoms with Crippen molar-refractivity contribution >= 4 is 10.0 Å². The van der Waals surface area contributed by atoms with Crippen LogP contribution < -0.4 is 4.72 Å². The van der Waals surface area contributed by atoms with Gasteiger partial charge in [0.25, 0.3) is 0 Å². The average Bonchev–Trinajstić information content (AvgIpc) is 2.86. The first-order valence-corrected chi connectivity index (χ1v) is 9.70. The Balaban J connectivity index is 2.25. The molecular weight excluding hydrogens is 353 g/mol. The molecule has 1 saturated heterocycles. The lowest BCUT2D eigenvalue weighted by atomic mass is 9.95. The molecule has 0 aromatic heterocycles. The lowest BCUT2D eigenvalue weighted by Gasteiger charge is -2.21. The Morgan fingerprint density at radius 3 is 1.96 bits per heavy atom. The molecule has 1 N–H and O–H groups in total. The number of rotatable bonds is 4. The molecule has 0 bridgehead atoms. The standard InChI is InChI=1S/C17H25F3N2O2S/c1-10-11(2)13(4)16(14(5)12(10)3)25(23,24)21-15-6-7-22(8-15)9-17(18,19)20/h15,21H,6-9H2,1-5H3/t15-/m0/s1. The number of nitrogens with zero attached hydrogens (tertiary/aromatic N) is 1. The van der Waals surface area contributed by atoms with Crippen molar-refractivity contribution in [3.8, 4) is 0 Å². The second-order valence-corrected chi connectivity index (χ2v) is 8.56. The lowest BCUT2D eigenvalue weighted by Crippen LogP contribution is -2.39. The molecule has 25 heavy (non-hydrogen) atoms. The van der Waals surface area contributed by atoms with Crippen LogP contribution in [0.1, 0.15) is 34.2 Å². The van der Waals surface area contributed by atoms with Crippen LogP contribution in [0, 0.1) is 34.6 Å². The molecule has 1 aliphatic heterocycles. The number of likely N-dealkylation sites (tertiary alicyclic amines) is 1. The van der Waals surface area contributed by atoms with E-state index in [1.807, 2.05) is 20.8 Å². The van der Waals surface area contributed by atoms with Crippen LogP contribution in [-0.2, 0) is 10.0 Å². The molecule has 0 spiro atoms. The highest BCUT2D eigenvalue weighted by atomic mass is 32.2. The van der Waals surface area contributed by atoms with E-state index in [1.165, 1.54) is 4.90 Å². The van der Waals surface area contributed by atoms with Crippen LogP contribution >= 0.6 is 0 Å². The number of nitrogens with one attached hydrogen (secondary N) is 1. The van der Waals surface area contributed by atoms with E-state index in [-0.39, 0.29) is 18.0 Å². The summed E-state index contributed by atoms with van der Waals surface area (Å²) >= 11 is 0. The van der Waals surface area contributed by atoms with Crippen molar-refractivity contribution in [2.24, 2.45) is 0 Å². The summed E-state index contributed by atoms with van der Waals surface area (Å²) in [6.45, 7) is 8.57. The molecule has 0 unspecified atom stereocenters. The van der Waals surface area contributed by atoms with Gasteiger partial charge in [0.1, 0.15) is 0 Å². The van der Waals surface area contributed by atoms with Crippen molar-refractivity contribution in [1.29, 1.82) is 0 Å². The van der Waals surface area contributed by atoms with Crippen molar-refractivity contribution in [3.63, 3.8) is 0 Å². The summed E-state index contributed by atoms with van der Waals surface area (Å²) in [6, 6.07) is -0.506. The molecule has 8 heteroatoms. The molecule has 0 aliphatic carbocycles. The van der Waals surface area contributed by atoms with Gasteiger partial charge in [-0.1, -0.05) is 0 Å². The summed E-state index contributed by atoms with van der Waals surface area (Å²) < 4.78 is 65.8. The van der Waals surface area contributed by atoms with Gasteiger partial charge >= 0.3 is 6.18 Å². The Morgan fingerprint density at radius 2 is 1.48 bits per heavy atom. The number of hydrogen-bond acceptors (Lipinski definition) is 3. The maximum Gasteiger partial charge on any atom is 0.401 e. The highest BCUT2D eigenvalue weighted by molar-refractivity contribution is 7.89. The van der Waals surface area contributed by atoms with E-state index in [9.17, 15) is 21.6 Å². The highest BCUT2D eigenvalue weighted by Crippen LogP contribution is 2.30. The minimum absolute atomic E-state index is 0.0701. The third-order valence-corrected chi connectivity index (χ3v) is 6.99. The first kappa shape index (κ1) is 20.2. The summed E-state index contributed by atoms with van der Waals surface area (Å²) in [7, 11) is -3.79. The first-order chi connectivity index (χ1) is 11.3. The third-order valence-electron chi connectivity index (χ3n) is 5.20. The molecule has 4 nitrogen and oxygen atoms in total. The van der Waals surface area contributed by atoms with Crippen molar-refractivity contribution in [2.45, 2.75) is 58.2 Å². The van der Waals surface area contributed by atoms with E-state index in [1.54, 1.807) is 13.8 Å². The monoisotopic (exact) mass is 378 g/mol. The second kappa shape index (κ2) is 6.89. The molecule has 0 amide bonds. The van der Waals surface area contributed by atoms with Crippen molar-refractivity contribution in [2.75, 3.05) is 19.6 Å². The maximum absolute atomic E-state index is 12.9. The first-order valence-electron chi connectivity index (χ1n) is 8.22. The van der Waals surface area contributed by atoms with Crippen molar-refractivity contribution < 1.29 is 21.6 Å². The molecule has 0 saturated carbocycles. The summed E-state index contributed by atoms with van der Waals surface area (Å²) in [6.07, 6.45) is -3.90. The van der Waals surface area contributed by atoms with E-state index in [0.29, 0.717) is 17.5 Å². The van der Waals surface area contributed by atoms with Crippen LogP contribution in [0.15, 0.2) is 4.90 Å². The van der Waals surface area contributed by atoms with Gasteiger partial charge in [-0.2, -0.15) is 13.2 Å². The number of hydrogen-bond donors (Lipinski definition) is 1. The number of sulfonamides is 1. The van der Waals surface area contributed by atoms with Crippen LogP contribution in [-0.4, -0.2) is 45.2 Å². The summed E-state index contributed by atoms with van der Waals surface area (Å²) in [5, 5.41) is 0. The van der Waals surface area contributed by atoms with Gasteiger partial charge in [0.05, 0.1) is 11.4 Å². The summed E-state index contributed by atoms with van der Waals surface area (Å²) in [5.74, 6) is 0. The lowest BCUT2D eigenvalue weighted by molar-refractivity contribution is -0.143. The fourth-order valence-electron chi connectivity index (χ4n) is 3.47. The molecule has 0 radical (unpaired) electrons. The largest absolute Gasteiger partial charge is 0.401 e. The minimum Gasteiger partial charge on any atom is -0.293 e. The van der Waals surface area contributed by atoms with Crippen LogP contribution in [0.3, 0.4) is 0 Å². The smallest absolute Gasteiger partial charge is 0.293 e. The van der Waals surface area contributed by atoms with E-state index in [0.717, 1.165) is 16.7 Å². The molecule has 1 aromatic carbocycles. The van der Waals surface area contributed by atoms with Crippen molar-refractivity contribution in [3.05, 3.63) is 27.8 Å². The number of halogens is 3. The third kappa shape index (κ3) is 4.35. The van der Waals surface area contributed by atoms with Gasteiger partial charge in [-0.3, -0.25) is 4.90 Å². The normalized spacial score (nSPS) is 19.6. The molecule has 1 aliphatic rings. The van der Waals surface area contributed by atoms with Crippen LogP contribution in [0.5, 0.6) is 0 Å². The Morgan fingerprint density at radius 1 is 1.00 bits per heavy atom. The van der Waals surface area contributed by atoms with Gasteiger partial charge in [-0.25, -0.2) is 13.1 Å². The molecule has 142 valence electrons. The zero-order valence-corrected chi connectivity index (χ0v) is 16.0. The van der Waals surface area contributed by atoms with Gasteiger partial charge in [0.2, 0.25) is 10.0 Å². The van der Waals surface area contributed by atoms with Crippen LogP contribution in [0.25, 0.3) is 0 Å². The van der Waals surface area contributed by atoms with Gasteiger partial charge in [0, 0.05) is 19.1 Å². The average molecular weight is 378 g/mol. The Kier molecular flexibility index (Phi) is 5.56. The summed E-state index contributed by atoms with van der Waals surface area (Å²) in [5.41, 5.74) is 4.30. The zero-order chi connectivity index (χ0) is 19.2. The fourth-order valence-corrected chi connectivity index (χ4v) is 5.33. The Labute approximate surface area is 147 Å². The number of benzene rings is 1. The second-order valence-electron chi connectivity index (χ2n) is 6.91. The molecular formula is C17H25F3N2O2S. The maximum atomic E-state index is 12.9. The molecule has 2 rings (SSSR count). The minimum atomic E-state index is -4.27. The Hall–Kier alpha value is -1.12. The molecule has 1 fully saturated rings. The van der Waals surface area contributed by atoms with Gasteiger partial charge in [-0.15, -0.1) is 0 Å². The van der Waals surface area contributed by atoms with Gasteiger partial charge in [-0.05, 0) is 68.9 Å². The van der Waals surface area contributed by atoms with Crippen LogP contribution in [0.2, 0.25) is 0 Å². The molecule has 1 atom stereocenters. The van der Waals surface area contributed by atoms with Gasteiger partial charge < -0.3 is 0 Å². The predicted octanol–water partition coefficient (Wildman–Crippen LogP) is 3.14. The fraction of sp³-hybridized carbons (Fsp3) is 0.647. The zero-order valence-electron chi connectivity index (χ0n) is 15.2. The topological polar surface area (TPSA) is 49.4 Å². The quantitative estimate of drug-likeness (QED) is 0.876. The number of alkyl halides is 3. The predicted molar refractivity (Wildman–Crippen MR) is 91.3 cm³/mol. The van der Waals surface area contributed by atoms with E-state index in [4.69, 9.17) is 0 Å². The van der Waals surface area contributed by atoms with Crippen molar-refractivity contribution in [1.82, 2.24) is 9.62 Å². The van der Waals surface area contributed by atoms with Crippen LogP contribution in [0.4, 0.5) is 13.2 Å².